The molecule has 0 radical (unpaired) electrons. The van der Waals surface area contributed by atoms with Crippen molar-refractivity contribution >= 4 is 21.8 Å². The summed E-state index contributed by atoms with van der Waals surface area (Å²) < 4.78 is 0. The monoisotopic (exact) mass is 516 g/mol. The van der Waals surface area contributed by atoms with E-state index in [1.165, 1.54) is 33.4 Å². The van der Waals surface area contributed by atoms with E-state index in [0.717, 1.165) is 46.0 Å². The van der Waals surface area contributed by atoms with Crippen LogP contribution in [0.3, 0.4) is 0 Å². The van der Waals surface area contributed by atoms with Gasteiger partial charge in [-0.25, -0.2) is 9.97 Å². The molecule has 0 amide bonds. The van der Waals surface area contributed by atoms with Gasteiger partial charge in [-0.15, -0.1) is 0 Å². The fourth-order valence-electron chi connectivity index (χ4n) is 6.00. The van der Waals surface area contributed by atoms with E-state index in [9.17, 15) is 0 Å². The number of benzene rings is 3. The van der Waals surface area contributed by atoms with Crippen molar-refractivity contribution in [1.82, 2.24) is 9.97 Å². The molecule has 2 atom stereocenters. The first-order valence-corrected chi connectivity index (χ1v) is 14.2. The van der Waals surface area contributed by atoms with Crippen LogP contribution in [0.1, 0.15) is 49.9 Å². The Kier molecular flexibility index (Phi) is 6.24. The Morgan fingerprint density at radius 1 is 0.550 bits per heavy atom. The minimum absolute atomic E-state index is 0.247. The first-order valence-electron chi connectivity index (χ1n) is 14.2. The van der Waals surface area contributed by atoms with Gasteiger partial charge in [0.25, 0.3) is 0 Å². The number of hydrogen-bond donors (Lipinski definition) is 0. The molecule has 5 aromatic rings. The van der Waals surface area contributed by atoms with E-state index < -0.39 is 0 Å². The summed E-state index contributed by atoms with van der Waals surface area (Å²) in [5.74, 6) is 0.494. The summed E-state index contributed by atoms with van der Waals surface area (Å²) in [6.07, 6.45) is 15.6. The fraction of sp³-hybridized carbons (Fsp3) is 0.158. The summed E-state index contributed by atoms with van der Waals surface area (Å²) in [6.45, 7) is 4.33. The Bertz CT molecular complexity index is 1720. The Morgan fingerprint density at radius 3 is 1.35 bits per heavy atom. The maximum atomic E-state index is 5.40. The van der Waals surface area contributed by atoms with Crippen molar-refractivity contribution < 1.29 is 0 Å². The summed E-state index contributed by atoms with van der Waals surface area (Å²) in [7, 11) is 0. The van der Waals surface area contributed by atoms with Gasteiger partial charge in [-0.3, -0.25) is 0 Å². The molecule has 2 aliphatic rings. The Labute approximate surface area is 236 Å². The lowest BCUT2D eigenvalue weighted by Crippen LogP contribution is -2.05. The van der Waals surface area contributed by atoms with E-state index in [1.54, 1.807) is 0 Å². The van der Waals surface area contributed by atoms with Gasteiger partial charge in [0.2, 0.25) is 0 Å². The summed E-state index contributed by atoms with van der Waals surface area (Å²) >= 11 is 0. The largest absolute Gasteiger partial charge is 0.250 e. The fourth-order valence-corrected chi connectivity index (χ4v) is 6.00. The van der Waals surface area contributed by atoms with Gasteiger partial charge in [0.05, 0.1) is 11.0 Å². The highest BCUT2D eigenvalue weighted by atomic mass is 14.8. The number of nitrogens with zero attached hydrogens (tertiary/aromatic N) is 2. The van der Waals surface area contributed by atoms with Crippen LogP contribution in [0.25, 0.3) is 44.1 Å². The Balaban J connectivity index is 1.53. The highest BCUT2D eigenvalue weighted by Gasteiger charge is 2.21. The van der Waals surface area contributed by atoms with E-state index in [1.807, 2.05) is 0 Å². The molecule has 0 saturated heterocycles. The molecule has 2 heteroatoms. The third-order valence-electron chi connectivity index (χ3n) is 8.30. The predicted molar refractivity (Wildman–Crippen MR) is 168 cm³/mol. The summed E-state index contributed by atoms with van der Waals surface area (Å²) in [6, 6.07) is 30.5. The molecular weight excluding hydrogens is 484 g/mol. The van der Waals surface area contributed by atoms with E-state index in [4.69, 9.17) is 9.97 Å². The van der Waals surface area contributed by atoms with Crippen molar-refractivity contribution in [3.8, 4) is 22.3 Å². The van der Waals surface area contributed by atoms with Crippen LogP contribution in [0.5, 0.6) is 0 Å². The molecule has 194 valence electrons. The van der Waals surface area contributed by atoms with Gasteiger partial charge in [-0.1, -0.05) is 120 Å². The van der Waals surface area contributed by atoms with Gasteiger partial charge >= 0.3 is 0 Å². The third kappa shape index (κ3) is 4.50. The highest BCUT2D eigenvalue weighted by Crippen LogP contribution is 2.40. The molecule has 0 bridgehead atoms. The van der Waals surface area contributed by atoms with Gasteiger partial charge in [0.1, 0.15) is 0 Å². The van der Waals surface area contributed by atoms with E-state index >= 15 is 0 Å². The molecule has 2 aliphatic carbocycles. The number of allylic oxidation sites excluding steroid dienone is 8. The SMILES string of the molecule is CC1=CCC(c2cc(-c3ccccc3)c3ccc4c(-c5ccccc5)cc(C5C=CC(C)=CC5)nc4c3n2)C=C1. The average molecular weight is 517 g/mol. The second kappa shape index (κ2) is 10.2. The first-order chi connectivity index (χ1) is 19.6. The van der Waals surface area contributed by atoms with Crippen LogP contribution in [0, 0.1) is 0 Å². The topological polar surface area (TPSA) is 25.8 Å². The van der Waals surface area contributed by atoms with Crippen molar-refractivity contribution in [2.24, 2.45) is 0 Å². The molecule has 7 rings (SSSR count). The molecule has 2 nitrogen and oxygen atoms in total. The van der Waals surface area contributed by atoms with Crippen LogP contribution >= 0.6 is 0 Å². The molecule has 0 saturated carbocycles. The lowest BCUT2D eigenvalue weighted by atomic mass is 9.89. The van der Waals surface area contributed by atoms with Crippen LogP contribution < -0.4 is 0 Å². The molecule has 40 heavy (non-hydrogen) atoms. The lowest BCUT2D eigenvalue weighted by molar-refractivity contribution is 0.812. The summed E-state index contributed by atoms with van der Waals surface area (Å²) in [5.41, 5.74) is 11.6. The third-order valence-corrected chi connectivity index (χ3v) is 8.30. The van der Waals surface area contributed by atoms with Crippen LogP contribution in [-0.4, -0.2) is 9.97 Å². The second-order valence-corrected chi connectivity index (χ2v) is 11.1. The summed E-state index contributed by atoms with van der Waals surface area (Å²) in [4.78, 5) is 10.8. The summed E-state index contributed by atoms with van der Waals surface area (Å²) in [5, 5.41) is 2.29. The number of rotatable bonds is 4. The van der Waals surface area contributed by atoms with Crippen LogP contribution in [0.4, 0.5) is 0 Å². The van der Waals surface area contributed by atoms with Crippen LogP contribution in [-0.2, 0) is 0 Å². The maximum Gasteiger partial charge on any atom is 0.0974 e. The molecule has 0 N–H and O–H groups in total. The maximum absolute atomic E-state index is 5.40. The van der Waals surface area contributed by atoms with Gasteiger partial charge in [0.15, 0.2) is 0 Å². The van der Waals surface area contributed by atoms with E-state index in [2.05, 4.69) is 135 Å². The minimum Gasteiger partial charge on any atom is -0.250 e. The van der Waals surface area contributed by atoms with Crippen molar-refractivity contribution in [3.63, 3.8) is 0 Å². The lowest BCUT2D eigenvalue weighted by Gasteiger charge is -2.20. The van der Waals surface area contributed by atoms with Crippen LogP contribution in [0.2, 0.25) is 0 Å². The number of pyridine rings is 2. The first kappa shape index (κ1) is 24.5. The van der Waals surface area contributed by atoms with Gasteiger partial charge < -0.3 is 0 Å². The average Bonchev–Trinajstić information content (AvgIpc) is 3.01. The zero-order chi connectivity index (χ0) is 27.1. The van der Waals surface area contributed by atoms with Gasteiger partial charge in [0, 0.05) is 34.0 Å². The quantitative estimate of drug-likeness (QED) is 0.222. The molecule has 0 fully saturated rings. The van der Waals surface area contributed by atoms with Crippen molar-refractivity contribution in [3.05, 3.63) is 144 Å². The Morgan fingerprint density at radius 2 is 0.975 bits per heavy atom. The number of fused-ring (bicyclic) bond motifs is 3. The zero-order valence-corrected chi connectivity index (χ0v) is 23.0. The van der Waals surface area contributed by atoms with Crippen molar-refractivity contribution in [2.75, 3.05) is 0 Å². The van der Waals surface area contributed by atoms with E-state index in [0.29, 0.717) is 0 Å². The van der Waals surface area contributed by atoms with Gasteiger partial charge in [-0.05, 0) is 61.1 Å². The van der Waals surface area contributed by atoms with E-state index in [-0.39, 0.29) is 11.8 Å². The number of hydrogen-bond acceptors (Lipinski definition) is 2. The smallest absolute Gasteiger partial charge is 0.0974 e. The molecule has 2 heterocycles. The number of aromatic nitrogens is 2. The molecule has 0 spiro atoms. The Hall–Kier alpha value is -4.56. The van der Waals surface area contributed by atoms with Crippen LogP contribution in [0.15, 0.2) is 133 Å². The standard InChI is InChI=1S/C38H32N2/c1-25-13-17-29(18-14-25)35-23-33(27-9-5-3-6-10-27)31-21-22-32-34(28-11-7-4-8-12-28)24-36(40-38(32)37(31)39-35)30-19-15-26(2)16-20-30/h3-17,19,21-24,29-30H,18,20H2,1-2H3. The zero-order valence-electron chi connectivity index (χ0n) is 23.0. The molecule has 2 unspecified atom stereocenters. The molecule has 0 aliphatic heterocycles. The molecular formula is C38H32N2. The predicted octanol–water partition coefficient (Wildman–Crippen LogP) is 10.1. The normalized spacial score (nSPS) is 18.6. The minimum atomic E-state index is 0.247. The van der Waals surface area contributed by atoms with Gasteiger partial charge in [-0.2, -0.15) is 0 Å². The highest BCUT2D eigenvalue weighted by molar-refractivity contribution is 6.12. The molecule has 2 aromatic heterocycles. The van der Waals surface area contributed by atoms with Crippen molar-refractivity contribution in [2.45, 2.75) is 38.5 Å². The molecule has 3 aromatic carbocycles. The second-order valence-electron chi connectivity index (χ2n) is 11.1. The van der Waals surface area contributed by atoms with Crippen molar-refractivity contribution in [1.29, 1.82) is 0 Å².